The third kappa shape index (κ3) is 14.2. The fourth-order valence-corrected chi connectivity index (χ4v) is 4.09. The standard InChI is InChI=1S/C31H48N3O6/c1-34(2,3)15-7-5-4-6-8-27-9-11-28(12-10-27)32-33-29-13-14-30-31(26-29)40-25-23-38-21-19-36-17-16-35-18-20-37-22-24-39-30/h9-14,26H,4-8,15-25H2,1-3H3/q+1. The molecule has 0 amide bonds. The number of rotatable bonds is 9. The molecular formula is C31H48N3O6+. The van der Waals surface area contributed by atoms with Gasteiger partial charge in [-0.2, -0.15) is 10.2 Å². The lowest BCUT2D eigenvalue weighted by Gasteiger charge is -2.23. The van der Waals surface area contributed by atoms with Gasteiger partial charge < -0.3 is 32.9 Å². The molecule has 1 heterocycles. The number of ether oxygens (including phenoxy) is 6. The molecule has 9 nitrogen and oxygen atoms in total. The van der Waals surface area contributed by atoms with Gasteiger partial charge in [-0.05, 0) is 55.5 Å². The van der Waals surface area contributed by atoms with E-state index in [0.717, 1.165) is 16.6 Å². The number of unbranched alkanes of at least 4 members (excludes halogenated alkanes) is 3. The molecule has 40 heavy (non-hydrogen) atoms. The molecule has 2 aromatic carbocycles. The van der Waals surface area contributed by atoms with Crippen LogP contribution in [0, 0.1) is 0 Å². The molecule has 2 aromatic rings. The first-order valence-electron chi connectivity index (χ1n) is 14.5. The number of hydrogen-bond acceptors (Lipinski definition) is 8. The smallest absolute Gasteiger partial charge is 0.163 e. The Morgan fingerprint density at radius 2 is 1.05 bits per heavy atom. The second-order valence-corrected chi connectivity index (χ2v) is 10.8. The van der Waals surface area contributed by atoms with E-state index < -0.39 is 0 Å². The van der Waals surface area contributed by atoms with E-state index in [1.807, 2.05) is 30.3 Å². The Morgan fingerprint density at radius 1 is 0.550 bits per heavy atom. The number of quaternary nitrogens is 1. The third-order valence-electron chi connectivity index (χ3n) is 6.28. The highest BCUT2D eigenvalue weighted by Gasteiger charge is 2.09. The Morgan fingerprint density at radius 3 is 1.65 bits per heavy atom. The Bertz CT molecular complexity index is 978. The van der Waals surface area contributed by atoms with Gasteiger partial charge in [0.05, 0.1) is 91.9 Å². The molecular weight excluding hydrogens is 510 g/mol. The average Bonchev–Trinajstić information content (AvgIpc) is 2.94. The van der Waals surface area contributed by atoms with E-state index in [2.05, 4.69) is 43.5 Å². The second kappa shape index (κ2) is 18.7. The lowest BCUT2D eigenvalue weighted by molar-refractivity contribution is -0.870. The number of nitrogens with zero attached hydrogens (tertiary/aromatic N) is 3. The summed E-state index contributed by atoms with van der Waals surface area (Å²) in [6.45, 7) is 6.04. The van der Waals surface area contributed by atoms with Crippen LogP contribution in [0.4, 0.5) is 11.4 Å². The Labute approximate surface area is 240 Å². The third-order valence-corrected chi connectivity index (χ3v) is 6.28. The van der Waals surface area contributed by atoms with E-state index in [-0.39, 0.29) is 0 Å². The highest BCUT2D eigenvalue weighted by molar-refractivity contribution is 5.52. The molecule has 0 atom stereocenters. The predicted molar refractivity (Wildman–Crippen MR) is 156 cm³/mol. The summed E-state index contributed by atoms with van der Waals surface area (Å²) in [5.41, 5.74) is 2.84. The summed E-state index contributed by atoms with van der Waals surface area (Å²) in [7, 11) is 6.76. The minimum Gasteiger partial charge on any atom is -0.487 e. The van der Waals surface area contributed by atoms with Crippen molar-refractivity contribution in [1.82, 2.24) is 0 Å². The highest BCUT2D eigenvalue weighted by atomic mass is 16.6. The SMILES string of the molecule is C[N+](C)(C)CCCCCCc1ccc(N=Nc2ccc3c(c2)OCCOCCOCCOCCOCCO3)cc1. The zero-order valence-electron chi connectivity index (χ0n) is 24.6. The van der Waals surface area contributed by atoms with Crippen LogP contribution < -0.4 is 9.47 Å². The quantitative estimate of drug-likeness (QED) is 0.222. The summed E-state index contributed by atoms with van der Waals surface area (Å²) in [6.07, 6.45) is 6.17. The number of hydrogen-bond donors (Lipinski definition) is 0. The van der Waals surface area contributed by atoms with Crippen molar-refractivity contribution in [2.45, 2.75) is 32.1 Å². The first-order valence-corrected chi connectivity index (χ1v) is 14.5. The molecule has 3 rings (SSSR count). The zero-order valence-corrected chi connectivity index (χ0v) is 24.6. The van der Waals surface area contributed by atoms with Crippen LogP contribution in [-0.4, -0.2) is 98.2 Å². The predicted octanol–water partition coefficient (Wildman–Crippen LogP) is 5.75. The van der Waals surface area contributed by atoms with Gasteiger partial charge in [0.25, 0.3) is 0 Å². The molecule has 0 fully saturated rings. The summed E-state index contributed by atoms with van der Waals surface area (Å²) in [4.78, 5) is 0. The van der Waals surface area contributed by atoms with Gasteiger partial charge in [0.15, 0.2) is 11.5 Å². The minimum atomic E-state index is 0.383. The van der Waals surface area contributed by atoms with Crippen LogP contribution in [0.1, 0.15) is 31.2 Å². The van der Waals surface area contributed by atoms with Crippen LogP contribution in [0.2, 0.25) is 0 Å². The van der Waals surface area contributed by atoms with Crippen LogP contribution >= 0.6 is 0 Å². The molecule has 1 aliphatic heterocycles. The van der Waals surface area contributed by atoms with E-state index in [9.17, 15) is 0 Å². The van der Waals surface area contributed by atoms with Gasteiger partial charge in [-0.1, -0.05) is 18.6 Å². The lowest BCUT2D eigenvalue weighted by Crippen LogP contribution is -2.35. The normalized spacial score (nSPS) is 16.9. The Kier molecular flexibility index (Phi) is 15.0. The fraction of sp³-hybridized carbons (Fsp3) is 0.613. The summed E-state index contributed by atoms with van der Waals surface area (Å²) in [5, 5.41) is 8.86. The second-order valence-electron chi connectivity index (χ2n) is 10.8. The number of aryl methyl sites for hydroxylation is 1. The Hall–Kier alpha value is -2.56. The summed E-state index contributed by atoms with van der Waals surface area (Å²) >= 11 is 0. The van der Waals surface area contributed by atoms with Crippen molar-refractivity contribution in [2.75, 3.05) is 93.8 Å². The maximum Gasteiger partial charge on any atom is 0.163 e. The molecule has 0 bridgehead atoms. The maximum atomic E-state index is 5.97. The number of benzene rings is 2. The molecule has 0 saturated heterocycles. The molecule has 0 unspecified atom stereocenters. The molecule has 0 aliphatic carbocycles. The van der Waals surface area contributed by atoms with Crippen molar-refractivity contribution in [2.24, 2.45) is 10.2 Å². The van der Waals surface area contributed by atoms with Gasteiger partial charge in [0.2, 0.25) is 0 Å². The molecule has 222 valence electrons. The van der Waals surface area contributed by atoms with E-state index in [4.69, 9.17) is 28.4 Å². The summed E-state index contributed by atoms with van der Waals surface area (Å²) in [6, 6.07) is 13.9. The van der Waals surface area contributed by atoms with Gasteiger partial charge in [-0.15, -0.1) is 0 Å². The number of fused-ring (bicyclic) bond motifs is 1. The summed E-state index contributed by atoms with van der Waals surface area (Å²) < 4.78 is 35.0. The van der Waals surface area contributed by atoms with Crippen LogP contribution in [0.3, 0.4) is 0 Å². The molecule has 9 heteroatoms. The van der Waals surface area contributed by atoms with Crippen LogP contribution in [0.5, 0.6) is 11.5 Å². The van der Waals surface area contributed by atoms with Crippen molar-refractivity contribution in [3.8, 4) is 11.5 Å². The largest absolute Gasteiger partial charge is 0.487 e. The topological polar surface area (TPSA) is 80.1 Å². The summed E-state index contributed by atoms with van der Waals surface area (Å²) in [5.74, 6) is 1.22. The van der Waals surface area contributed by atoms with Crippen LogP contribution in [0.15, 0.2) is 52.7 Å². The van der Waals surface area contributed by atoms with Crippen molar-refractivity contribution in [3.63, 3.8) is 0 Å². The molecule has 0 radical (unpaired) electrons. The van der Waals surface area contributed by atoms with Gasteiger partial charge in [0, 0.05) is 6.07 Å². The van der Waals surface area contributed by atoms with E-state index in [1.54, 1.807) is 0 Å². The van der Waals surface area contributed by atoms with Gasteiger partial charge >= 0.3 is 0 Å². The van der Waals surface area contributed by atoms with Crippen LogP contribution in [-0.2, 0) is 25.4 Å². The van der Waals surface area contributed by atoms with Gasteiger partial charge in [-0.25, -0.2) is 0 Å². The fourth-order valence-electron chi connectivity index (χ4n) is 4.09. The first kappa shape index (κ1) is 32.0. The van der Waals surface area contributed by atoms with Crippen molar-refractivity contribution < 1.29 is 32.9 Å². The van der Waals surface area contributed by atoms with Gasteiger partial charge in [-0.3, -0.25) is 0 Å². The maximum absolute atomic E-state index is 5.97. The van der Waals surface area contributed by atoms with Crippen molar-refractivity contribution in [1.29, 1.82) is 0 Å². The van der Waals surface area contributed by atoms with Gasteiger partial charge in [0.1, 0.15) is 13.2 Å². The Balaban J connectivity index is 1.50. The van der Waals surface area contributed by atoms with Crippen molar-refractivity contribution >= 4 is 11.4 Å². The highest BCUT2D eigenvalue weighted by Crippen LogP contribution is 2.32. The van der Waals surface area contributed by atoms with E-state index >= 15 is 0 Å². The first-order chi connectivity index (χ1) is 19.5. The molecule has 0 aromatic heterocycles. The van der Waals surface area contributed by atoms with E-state index in [0.29, 0.717) is 83.3 Å². The van der Waals surface area contributed by atoms with Crippen molar-refractivity contribution in [3.05, 3.63) is 48.0 Å². The lowest BCUT2D eigenvalue weighted by atomic mass is 10.1. The molecule has 1 aliphatic rings. The monoisotopic (exact) mass is 558 g/mol. The van der Waals surface area contributed by atoms with E-state index in [1.165, 1.54) is 37.8 Å². The molecule has 0 N–H and O–H groups in total. The average molecular weight is 559 g/mol. The number of azo groups is 1. The zero-order chi connectivity index (χ0) is 28.3. The minimum absolute atomic E-state index is 0.383. The molecule has 0 spiro atoms. The molecule has 0 saturated carbocycles. The van der Waals surface area contributed by atoms with Crippen LogP contribution in [0.25, 0.3) is 0 Å².